The van der Waals surface area contributed by atoms with Crippen LogP contribution in [-0.2, 0) is 19.5 Å². The average molecular weight is 303 g/mol. The Morgan fingerprint density at radius 3 is 2.95 bits per heavy atom. The van der Waals surface area contributed by atoms with Gasteiger partial charge in [0.25, 0.3) is 5.56 Å². The summed E-state index contributed by atoms with van der Waals surface area (Å²) in [5, 5.41) is 9.57. The third-order valence-corrected chi connectivity index (χ3v) is 4.06. The molecular formula is C15H17N3O2S. The first-order chi connectivity index (χ1) is 10.0. The van der Waals surface area contributed by atoms with Crippen LogP contribution in [0.4, 0.5) is 0 Å². The van der Waals surface area contributed by atoms with E-state index in [4.69, 9.17) is 12.2 Å². The van der Waals surface area contributed by atoms with Crippen LogP contribution in [0.15, 0.2) is 23.0 Å². The van der Waals surface area contributed by atoms with Crippen LogP contribution in [0.2, 0.25) is 0 Å². The Morgan fingerprint density at radius 2 is 2.19 bits per heavy atom. The molecule has 0 saturated carbocycles. The van der Waals surface area contributed by atoms with Gasteiger partial charge in [-0.2, -0.15) is 0 Å². The number of hydrogen-bond donors (Lipinski definition) is 3. The fourth-order valence-corrected chi connectivity index (χ4v) is 2.94. The van der Waals surface area contributed by atoms with Crippen molar-refractivity contribution in [1.82, 2.24) is 14.9 Å². The summed E-state index contributed by atoms with van der Waals surface area (Å²) < 4.78 is 0.390. The van der Waals surface area contributed by atoms with Gasteiger partial charge in [0.05, 0.1) is 5.56 Å². The first-order valence-electron chi connectivity index (χ1n) is 6.88. The SMILES string of the molecule is Cc1cc(CN2CCc3[nH]c(=S)[nH]c(=O)c3C2)ccc1O. The maximum atomic E-state index is 12.0. The summed E-state index contributed by atoms with van der Waals surface area (Å²) in [5.74, 6) is 0.312. The van der Waals surface area contributed by atoms with E-state index < -0.39 is 0 Å². The van der Waals surface area contributed by atoms with Crippen molar-refractivity contribution < 1.29 is 5.11 Å². The highest BCUT2D eigenvalue weighted by molar-refractivity contribution is 7.71. The molecule has 3 N–H and O–H groups in total. The third kappa shape index (κ3) is 2.91. The number of benzene rings is 1. The lowest BCUT2D eigenvalue weighted by molar-refractivity contribution is 0.241. The predicted molar refractivity (Wildman–Crippen MR) is 82.9 cm³/mol. The van der Waals surface area contributed by atoms with Gasteiger partial charge in [0.2, 0.25) is 0 Å². The Bertz CT molecular complexity index is 794. The van der Waals surface area contributed by atoms with Gasteiger partial charge in [0.1, 0.15) is 5.75 Å². The minimum atomic E-state index is -0.0969. The average Bonchev–Trinajstić information content (AvgIpc) is 2.43. The van der Waals surface area contributed by atoms with Crippen LogP contribution >= 0.6 is 12.2 Å². The van der Waals surface area contributed by atoms with Gasteiger partial charge in [-0.05, 0) is 36.3 Å². The number of aryl methyl sites for hydroxylation is 1. The monoisotopic (exact) mass is 303 g/mol. The molecule has 2 aromatic rings. The molecule has 21 heavy (non-hydrogen) atoms. The summed E-state index contributed by atoms with van der Waals surface area (Å²) in [4.78, 5) is 19.9. The van der Waals surface area contributed by atoms with E-state index in [-0.39, 0.29) is 5.56 Å². The van der Waals surface area contributed by atoms with E-state index in [0.717, 1.165) is 41.9 Å². The highest BCUT2D eigenvalue weighted by atomic mass is 32.1. The summed E-state index contributed by atoms with van der Waals surface area (Å²) in [7, 11) is 0. The molecule has 0 atom stereocenters. The quantitative estimate of drug-likeness (QED) is 0.742. The Labute approximate surface area is 127 Å². The van der Waals surface area contributed by atoms with Crippen molar-refractivity contribution in [3.8, 4) is 5.75 Å². The zero-order chi connectivity index (χ0) is 15.0. The van der Waals surface area contributed by atoms with E-state index in [1.165, 1.54) is 0 Å². The van der Waals surface area contributed by atoms with E-state index in [1.807, 2.05) is 19.1 Å². The number of nitrogens with one attached hydrogen (secondary N) is 2. The first-order valence-corrected chi connectivity index (χ1v) is 7.29. The Morgan fingerprint density at radius 1 is 1.38 bits per heavy atom. The second-order valence-corrected chi connectivity index (χ2v) is 5.86. The van der Waals surface area contributed by atoms with Crippen LogP contribution in [0.5, 0.6) is 5.75 Å². The fraction of sp³-hybridized carbons (Fsp3) is 0.333. The minimum absolute atomic E-state index is 0.0969. The van der Waals surface area contributed by atoms with E-state index in [9.17, 15) is 9.90 Å². The van der Waals surface area contributed by atoms with Gasteiger partial charge >= 0.3 is 0 Å². The molecular weight excluding hydrogens is 286 g/mol. The molecule has 0 bridgehead atoms. The van der Waals surface area contributed by atoms with Crippen molar-refractivity contribution in [2.75, 3.05) is 6.54 Å². The highest BCUT2D eigenvalue weighted by Crippen LogP contribution is 2.20. The van der Waals surface area contributed by atoms with Gasteiger partial charge in [-0.3, -0.25) is 14.7 Å². The number of hydrogen-bond acceptors (Lipinski definition) is 4. The Kier molecular flexibility index (Phi) is 3.65. The molecule has 6 heteroatoms. The zero-order valence-corrected chi connectivity index (χ0v) is 12.6. The van der Waals surface area contributed by atoms with Gasteiger partial charge in [0, 0.05) is 31.7 Å². The number of aromatic hydroxyl groups is 1. The standard InChI is InChI=1S/C15H17N3O2S/c1-9-6-10(2-3-13(9)19)7-18-5-4-12-11(8-18)14(20)17-15(21)16-12/h2-3,6,19H,4-5,7-8H2,1H3,(H2,16,17,20,21). The molecule has 3 rings (SSSR count). The Balaban J connectivity index is 1.81. The summed E-state index contributed by atoms with van der Waals surface area (Å²) in [6.45, 7) is 4.13. The molecule has 0 fully saturated rings. The first kappa shape index (κ1) is 14.0. The normalized spacial score (nSPS) is 14.9. The van der Waals surface area contributed by atoms with Crippen molar-refractivity contribution in [1.29, 1.82) is 0 Å². The van der Waals surface area contributed by atoms with Crippen LogP contribution in [0, 0.1) is 11.7 Å². The molecule has 0 unspecified atom stereocenters. The molecule has 1 aromatic carbocycles. The lowest BCUT2D eigenvalue weighted by atomic mass is 10.1. The van der Waals surface area contributed by atoms with Crippen LogP contribution in [0.1, 0.15) is 22.4 Å². The molecule has 0 aliphatic carbocycles. The maximum absolute atomic E-state index is 12.0. The number of H-pyrrole nitrogens is 2. The maximum Gasteiger partial charge on any atom is 0.256 e. The lowest BCUT2D eigenvalue weighted by Crippen LogP contribution is -2.35. The van der Waals surface area contributed by atoms with Gasteiger partial charge in [-0.15, -0.1) is 0 Å². The predicted octanol–water partition coefficient (Wildman–Crippen LogP) is 2.00. The number of phenolic OH excluding ortho intramolecular Hbond substituents is 1. The molecule has 1 aliphatic heterocycles. The van der Waals surface area contributed by atoms with Gasteiger partial charge in [-0.25, -0.2) is 0 Å². The molecule has 0 spiro atoms. The molecule has 1 aliphatic rings. The summed E-state index contributed by atoms with van der Waals surface area (Å²) in [6, 6.07) is 5.61. The number of aromatic amines is 2. The van der Waals surface area contributed by atoms with Crippen LogP contribution in [-0.4, -0.2) is 26.5 Å². The summed E-state index contributed by atoms with van der Waals surface area (Å²) in [5.41, 5.74) is 3.62. The second kappa shape index (κ2) is 5.46. The number of phenols is 1. The van der Waals surface area contributed by atoms with E-state index in [2.05, 4.69) is 14.9 Å². The molecule has 1 aromatic heterocycles. The minimum Gasteiger partial charge on any atom is -0.508 e. The number of rotatable bonds is 2. The van der Waals surface area contributed by atoms with Gasteiger partial charge < -0.3 is 10.1 Å². The van der Waals surface area contributed by atoms with E-state index >= 15 is 0 Å². The molecule has 5 nitrogen and oxygen atoms in total. The van der Waals surface area contributed by atoms with Crippen molar-refractivity contribution in [2.45, 2.75) is 26.4 Å². The summed E-state index contributed by atoms with van der Waals surface area (Å²) >= 11 is 5.00. The van der Waals surface area contributed by atoms with Crippen LogP contribution in [0.25, 0.3) is 0 Å². The van der Waals surface area contributed by atoms with E-state index in [1.54, 1.807) is 6.07 Å². The van der Waals surface area contributed by atoms with Crippen molar-refractivity contribution in [3.05, 3.63) is 55.7 Å². The van der Waals surface area contributed by atoms with Crippen LogP contribution in [0.3, 0.4) is 0 Å². The fourth-order valence-electron chi connectivity index (χ4n) is 2.72. The Hall–Kier alpha value is -1.92. The van der Waals surface area contributed by atoms with Gasteiger partial charge in [0.15, 0.2) is 4.77 Å². The molecule has 110 valence electrons. The molecule has 2 heterocycles. The number of aromatic nitrogens is 2. The molecule has 0 radical (unpaired) electrons. The lowest BCUT2D eigenvalue weighted by Gasteiger charge is -2.27. The van der Waals surface area contributed by atoms with Gasteiger partial charge in [-0.1, -0.05) is 12.1 Å². The topological polar surface area (TPSA) is 72.1 Å². The summed E-state index contributed by atoms with van der Waals surface area (Å²) in [6.07, 6.45) is 0.792. The zero-order valence-electron chi connectivity index (χ0n) is 11.8. The molecule has 0 saturated heterocycles. The molecule has 0 amide bonds. The number of fused-ring (bicyclic) bond motifs is 1. The van der Waals surface area contributed by atoms with Crippen molar-refractivity contribution in [2.24, 2.45) is 0 Å². The van der Waals surface area contributed by atoms with Crippen molar-refractivity contribution in [3.63, 3.8) is 0 Å². The van der Waals surface area contributed by atoms with Crippen molar-refractivity contribution >= 4 is 12.2 Å². The third-order valence-electron chi connectivity index (χ3n) is 3.86. The smallest absolute Gasteiger partial charge is 0.256 e. The second-order valence-electron chi connectivity index (χ2n) is 5.45. The number of nitrogens with zero attached hydrogens (tertiary/aromatic N) is 1. The van der Waals surface area contributed by atoms with E-state index in [0.29, 0.717) is 17.1 Å². The largest absolute Gasteiger partial charge is 0.508 e. The van der Waals surface area contributed by atoms with Crippen LogP contribution < -0.4 is 5.56 Å². The highest BCUT2D eigenvalue weighted by Gasteiger charge is 2.19.